The molecular formula is C42H42N4O3. The standard InChI is InChI=1S/C42H42N4O3/c47-42(48)32-16-21-40-39(27-32)44-41(46(40)33-12-5-2-6-13-33)31-15-19-37-30(26-31)14-20-38(43-37)36-28-34(49-25-9-24-45-22-7-8-23-45)17-18-35(36)29-10-3-1-4-11-29/h1,3-4,10-11,14-21,26-28,33H,2,5-9,12-13,22-25H2,(H,47,48). The third-order valence-electron chi connectivity index (χ3n) is 10.3. The van der Waals surface area contributed by atoms with Crippen molar-refractivity contribution in [1.29, 1.82) is 0 Å². The Bertz CT molecular complexity index is 2110. The maximum Gasteiger partial charge on any atom is 0.335 e. The lowest BCUT2D eigenvalue weighted by Gasteiger charge is -2.25. The van der Waals surface area contributed by atoms with E-state index in [0.717, 1.165) is 87.3 Å². The summed E-state index contributed by atoms with van der Waals surface area (Å²) in [7, 11) is 0. The number of pyridine rings is 1. The van der Waals surface area contributed by atoms with Crippen molar-refractivity contribution in [1.82, 2.24) is 19.4 Å². The van der Waals surface area contributed by atoms with Crippen molar-refractivity contribution in [3.05, 3.63) is 103 Å². The fourth-order valence-corrected chi connectivity index (χ4v) is 7.74. The molecule has 4 aromatic carbocycles. The van der Waals surface area contributed by atoms with Gasteiger partial charge < -0.3 is 19.3 Å². The van der Waals surface area contributed by atoms with Crippen LogP contribution in [0.2, 0.25) is 0 Å². The first-order valence-corrected chi connectivity index (χ1v) is 17.8. The highest BCUT2D eigenvalue weighted by Crippen LogP contribution is 2.38. The summed E-state index contributed by atoms with van der Waals surface area (Å²) < 4.78 is 8.63. The molecule has 7 heteroatoms. The van der Waals surface area contributed by atoms with Crippen LogP contribution in [0, 0.1) is 0 Å². The van der Waals surface area contributed by atoms with Gasteiger partial charge in [0.1, 0.15) is 11.6 Å². The summed E-state index contributed by atoms with van der Waals surface area (Å²) >= 11 is 0. The van der Waals surface area contributed by atoms with Crippen molar-refractivity contribution < 1.29 is 14.6 Å². The van der Waals surface area contributed by atoms with E-state index >= 15 is 0 Å². The molecule has 8 rings (SSSR count). The van der Waals surface area contributed by atoms with E-state index in [0.29, 0.717) is 12.6 Å². The van der Waals surface area contributed by atoms with Gasteiger partial charge in [-0.2, -0.15) is 0 Å². The highest BCUT2D eigenvalue weighted by atomic mass is 16.5. The number of benzene rings is 4. The number of carboxylic acid groups (broad SMARTS) is 1. The second-order valence-electron chi connectivity index (χ2n) is 13.5. The molecule has 1 aliphatic heterocycles. The van der Waals surface area contributed by atoms with Gasteiger partial charge in [-0.3, -0.25) is 0 Å². The van der Waals surface area contributed by atoms with Crippen LogP contribution in [0.1, 0.15) is 67.8 Å². The number of hydrogen-bond donors (Lipinski definition) is 1. The maximum absolute atomic E-state index is 11.8. The van der Waals surface area contributed by atoms with Crippen LogP contribution in [0.5, 0.6) is 5.75 Å². The van der Waals surface area contributed by atoms with Crippen LogP contribution in [0.15, 0.2) is 97.1 Å². The van der Waals surface area contributed by atoms with Crippen molar-refractivity contribution >= 4 is 27.9 Å². The largest absolute Gasteiger partial charge is 0.494 e. The molecule has 1 saturated heterocycles. The Balaban J connectivity index is 1.14. The molecule has 3 heterocycles. The molecule has 0 atom stereocenters. The second-order valence-corrected chi connectivity index (χ2v) is 13.5. The van der Waals surface area contributed by atoms with Gasteiger partial charge in [0.15, 0.2) is 0 Å². The maximum atomic E-state index is 11.8. The Hall–Kier alpha value is -5.01. The first-order valence-electron chi connectivity index (χ1n) is 17.8. The molecule has 1 aliphatic carbocycles. The normalized spacial score (nSPS) is 15.7. The minimum atomic E-state index is -0.937. The van der Waals surface area contributed by atoms with Crippen LogP contribution in [0.3, 0.4) is 0 Å². The number of likely N-dealkylation sites (tertiary alicyclic amines) is 1. The molecule has 0 spiro atoms. The number of fused-ring (bicyclic) bond motifs is 2. The van der Waals surface area contributed by atoms with Crippen molar-refractivity contribution in [3.63, 3.8) is 0 Å². The van der Waals surface area contributed by atoms with Gasteiger partial charge in [-0.15, -0.1) is 0 Å². The number of aromatic nitrogens is 3. The van der Waals surface area contributed by atoms with Crippen molar-refractivity contribution in [2.24, 2.45) is 0 Å². The molecule has 2 aromatic heterocycles. The Morgan fingerprint density at radius 2 is 1.59 bits per heavy atom. The van der Waals surface area contributed by atoms with Gasteiger partial charge >= 0.3 is 5.97 Å². The summed E-state index contributed by atoms with van der Waals surface area (Å²) in [4.78, 5) is 24.5. The lowest BCUT2D eigenvalue weighted by atomic mass is 9.94. The van der Waals surface area contributed by atoms with Crippen molar-refractivity contribution in [2.45, 2.75) is 57.4 Å². The van der Waals surface area contributed by atoms with E-state index in [2.05, 4.69) is 82.3 Å². The van der Waals surface area contributed by atoms with Crippen molar-refractivity contribution in [3.8, 4) is 39.5 Å². The predicted octanol–water partition coefficient (Wildman–Crippen LogP) is 9.65. The summed E-state index contributed by atoms with van der Waals surface area (Å²) in [5.74, 6) is 0.811. The summed E-state index contributed by atoms with van der Waals surface area (Å²) in [6, 6.07) is 33.1. The third kappa shape index (κ3) is 6.55. The molecule has 6 aromatic rings. The minimum Gasteiger partial charge on any atom is -0.494 e. The number of aromatic carboxylic acids is 1. The molecular weight excluding hydrogens is 608 g/mol. The van der Waals surface area contributed by atoms with Crippen LogP contribution >= 0.6 is 0 Å². The third-order valence-corrected chi connectivity index (χ3v) is 10.3. The zero-order chi connectivity index (χ0) is 33.2. The van der Waals surface area contributed by atoms with Gasteiger partial charge in [0, 0.05) is 29.1 Å². The molecule has 7 nitrogen and oxygen atoms in total. The van der Waals surface area contributed by atoms with E-state index in [-0.39, 0.29) is 5.56 Å². The van der Waals surface area contributed by atoms with Gasteiger partial charge in [0.2, 0.25) is 0 Å². The van der Waals surface area contributed by atoms with Crippen LogP contribution in [-0.4, -0.2) is 56.8 Å². The van der Waals surface area contributed by atoms with E-state index in [9.17, 15) is 9.90 Å². The van der Waals surface area contributed by atoms with Gasteiger partial charge in [0.25, 0.3) is 0 Å². The lowest BCUT2D eigenvalue weighted by Crippen LogP contribution is -2.21. The highest BCUT2D eigenvalue weighted by molar-refractivity contribution is 5.94. The van der Waals surface area contributed by atoms with Crippen molar-refractivity contribution in [2.75, 3.05) is 26.2 Å². The second kappa shape index (κ2) is 13.8. The van der Waals surface area contributed by atoms with Crippen LogP contribution in [-0.2, 0) is 0 Å². The summed E-state index contributed by atoms with van der Waals surface area (Å²) in [6.07, 6.45) is 9.47. The van der Waals surface area contributed by atoms with Gasteiger partial charge in [-0.05, 0) is 111 Å². The average molecular weight is 651 g/mol. The Labute approximate surface area is 287 Å². The monoisotopic (exact) mass is 650 g/mol. The first-order chi connectivity index (χ1) is 24.1. The van der Waals surface area contributed by atoms with Gasteiger partial charge in [0.05, 0.1) is 34.4 Å². The number of nitrogens with zero attached hydrogens (tertiary/aromatic N) is 4. The number of hydrogen-bond acceptors (Lipinski definition) is 5. The first kappa shape index (κ1) is 31.3. The average Bonchev–Trinajstić information content (AvgIpc) is 3.81. The van der Waals surface area contributed by atoms with Crippen LogP contribution < -0.4 is 4.74 Å². The quantitative estimate of drug-likeness (QED) is 0.149. The SMILES string of the molecule is O=C(O)c1ccc2c(c1)nc(-c1ccc3nc(-c4cc(OCCCN5CCCC5)ccc4-c4ccccc4)ccc3c1)n2C1CCCCC1. The molecule has 2 aliphatic rings. The molecule has 0 unspecified atom stereocenters. The molecule has 248 valence electrons. The van der Waals surface area contributed by atoms with Gasteiger partial charge in [-0.25, -0.2) is 14.8 Å². The lowest BCUT2D eigenvalue weighted by molar-refractivity contribution is 0.0697. The fraction of sp³-hybridized carbons (Fsp3) is 0.310. The molecule has 0 radical (unpaired) electrons. The van der Waals surface area contributed by atoms with E-state index in [4.69, 9.17) is 14.7 Å². The summed E-state index contributed by atoms with van der Waals surface area (Å²) in [6.45, 7) is 4.19. The van der Waals surface area contributed by atoms with E-state index in [1.54, 1.807) is 12.1 Å². The molecule has 0 bridgehead atoms. The number of carboxylic acids is 1. The summed E-state index contributed by atoms with van der Waals surface area (Å²) in [5.41, 5.74) is 8.10. The topological polar surface area (TPSA) is 80.5 Å². The van der Waals surface area contributed by atoms with Gasteiger partial charge in [-0.1, -0.05) is 61.7 Å². The Morgan fingerprint density at radius 3 is 2.41 bits per heavy atom. The zero-order valence-electron chi connectivity index (χ0n) is 27.9. The van der Waals surface area contributed by atoms with E-state index < -0.39 is 5.97 Å². The van der Waals surface area contributed by atoms with Crippen LogP contribution in [0.4, 0.5) is 0 Å². The zero-order valence-corrected chi connectivity index (χ0v) is 27.9. The smallest absolute Gasteiger partial charge is 0.335 e. The Kier molecular flexibility index (Phi) is 8.84. The minimum absolute atomic E-state index is 0.258. The molecule has 49 heavy (non-hydrogen) atoms. The molecule has 2 fully saturated rings. The van der Waals surface area contributed by atoms with E-state index in [1.165, 1.54) is 45.2 Å². The Morgan fingerprint density at radius 1 is 0.755 bits per heavy atom. The number of carbonyl (C=O) groups is 1. The molecule has 1 saturated carbocycles. The number of imidazole rings is 1. The van der Waals surface area contributed by atoms with E-state index in [1.807, 2.05) is 12.1 Å². The molecule has 0 amide bonds. The predicted molar refractivity (Wildman–Crippen MR) is 196 cm³/mol. The molecule has 1 N–H and O–H groups in total. The number of ether oxygens (including phenoxy) is 1. The van der Waals surface area contributed by atoms with Crippen LogP contribution in [0.25, 0.3) is 55.7 Å². The summed E-state index contributed by atoms with van der Waals surface area (Å²) in [5, 5.41) is 10.7. The highest BCUT2D eigenvalue weighted by Gasteiger charge is 2.23. The number of rotatable bonds is 10. The fourth-order valence-electron chi connectivity index (χ4n) is 7.74.